The highest BCUT2D eigenvalue weighted by Gasteiger charge is 2.45. The number of nitrogens with zero attached hydrogens (tertiary/aromatic N) is 6. The second-order valence-corrected chi connectivity index (χ2v) is 16.4. The molecule has 0 saturated carbocycles. The van der Waals surface area contributed by atoms with Crippen LogP contribution in [0.15, 0.2) is 48.8 Å². The molecule has 4 fully saturated rings. The molecule has 2 atom stereocenters. The van der Waals surface area contributed by atoms with Crippen LogP contribution in [-0.2, 0) is 9.59 Å². The molecule has 0 bridgehead atoms. The van der Waals surface area contributed by atoms with Gasteiger partial charge in [-0.15, -0.1) is 0 Å². The van der Waals surface area contributed by atoms with Crippen LogP contribution in [0.2, 0.25) is 5.02 Å². The highest BCUT2D eigenvalue weighted by atomic mass is 35.5. The second-order valence-electron chi connectivity index (χ2n) is 16.0. The van der Waals surface area contributed by atoms with Gasteiger partial charge < -0.3 is 25.0 Å². The van der Waals surface area contributed by atoms with Crippen LogP contribution in [0.25, 0.3) is 22.2 Å². The van der Waals surface area contributed by atoms with E-state index in [0.717, 1.165) is 91.7 Å². The molecule has 13 nitrogen and oxygen atoms in total. The number of carbonyl (C=O) groups is 4. The maximum absolute atomic E-state index is 15.4. The number of piperidine rings is 3. The third kappa shape index (κ3) is 7.14. The summed E-state index contributed by atoms with van der Waals surface area (Å²) in [7, 11) is 0. The van der Waals surface area contributed by atoms with Crippen LogP contribution in [0.4, 0.5) is 16.0 Å². The number of anilines is 2. The molecule has 4 saturated heterocycles. The fourth-order valence-electron chi connectivity index (χ4n) is 9.35. The number of fused-ring (bicyclic) bond motifs is 2. The Morgan fingerprint density at radius 1 is 0.839 bits per heavy atom. The van der Waals surface area contributed by atoms with Crippen molar-refractivity contribution in [2.45, 2.75) is 57.0 Å². The number of para-hydroxylation sites is 1. The van der Waals surface area contributed by atoms with Gasteiger partial charge in [0.15, 0.2) is 0 Å². The molecule has 5 aliphatic rings. The summed E-state index contributed by atoms with van der Waals surface area (Å²) in [4.78, 5) is 71.1. The van der Waals surface area contributed by atoms with Crippen molar-refractivity contribution in [3.05, 3.63) is 70.8 Å². The van der Waals surface area contributed by atoms with Gasteiger partial charge in [0.1, 0.15) is 11.9 Å². The van der Waals surface area contributed by atoms with Gasteiger partial charge in [-0.3, -0.25) is 29.4 Å². The number of halogens is 2. The lowest BCUT2D eigenvalue weighted by molar-refractivity contribution is -0.136. The van der Waals surface area contributed by atoms with Crippen molar-refractivity contribution < 1.29 is 23.6 Å². The Morgan fingerprint density at radius 2 is 1.54 bits per heavy atom. The highest BCUT2D eigenvalue weighted by Crippen LogP contribution is 2.36. The standard InChI is InChI=1S/C41H45ClFN9O4/c42-31-20-45-41(48-37(31)30-19-44-33-4-2-1-3-27(30)33)46-26-11-14-50(23-26)22-24-7-12-49(13-8-24)21-25-9-15-51(16-10-25)35-18-29-28(17-32(35)43)39(55)52(40(29)56)34-5-6-36(53)47-38(34)54/h1-4,17-20,24-26,34,44H,5-16,21-23H2,(H,45,46,48)(H,47,53,54)/t26-,34?/m1/s1. The predicted octanol–water partition coefficient (Wildman–Crippen LogP) is 4.93. The summed E-state index contributed by atoms with van der Waals surface area (Å²) < 4.78 is 15.4. The summed E-state index contributed by atoms with van der Waals surface area (Å²) in [5.41, 5.74) is 3.11. The van der Waals surface area contributed by atoms with E-state index in [0.29, 0.717) is 41.6 Å². The highest BCUT2D eigenvalue weighted by molar-refractivity contribution is 6.33. The SMILES string of the molecule is O=C1CCC(N2C(=O)c3cc(F)c(N4CCC(CN5CCC(CN6CC[C@@H](Nc7ncc(Cl)c(-c8c[nH]c9ccccc89)n7)C6)CC5)CC4)cc3C2=O)C(=O)N1. The fraction of sp³-hybridized carbons (Fsp3) is 0.463. The minimum Gasteiger partial charge on any atom is -0.369 e. The molecular weight excluding hydrogens is 737 g/mol. The van der Waals surface area contributed by atoms with E-state index < -0.39 is 35.5 Å². The normalized spacial score (nSPS) is 23.0. The van der Waals surface area contributed by atoms with Gasteiger partial charge in [-0.25, -0.2) is 14.4 Å². The van der Waals surface area contributed by atoms with E-state index in [1.165, 1.54) is 18.9 Å². The monoisotopic (exact) mass is 781 g/mol. The first-order valence-electron chi connectivity index (χ1n) is 19.8. The number of aromatic nitrogens is 3. The van der Waals surface area contributed by atoms with Gasteiger partial charge in [0.2, 0.25) is 17.8 Å². The minimum absolute atomic E-state index is 0.0334. The van der Waals surface area contributed by atoms with Gasteiger partial charge in [0.25, 0.3) is 11.8 Å². The number of aromatic amines is 1. The minimum atomic E-state index is -1.08. The molecule has 3 N–H and O–H groups in total. The van der Waals surface area contributed by atoms with Gasteiger partial charge in [-0.05, 0) is 81.6 Å². The van der Waals surface area contributed by atoms with Crippen molar-refractivity contribution in [3.8, 4) is 11.3 Å². The first kappa shape index (κ1) is 36.7. The molecule has 5 aliphatic heterocycles. The van der Waals surface area contributed by atoms with Gasteiger partial charge in [0.05, 0.1) is 33.7 Å². The van der Waals surface area contributed by atoms with Crippen molar-refractivity contribution >= 4 is 57.8 Å². The number of hydrogen-bond donors (Lipinski definition) is 3. The second kappa shape index (κ2) is 15.2. The molecule has 0 spiro atoms. The molecule has 292 valence electrons. The van der Waals surface area contributed by atoms with Crippen LogP contribution in [0.3, 0.4) is 0 Å². The fourth-order valence-corrected chi connectivity index (χ4v) is 9.54. The van der Waals surface area contributed by atoms with Gasteiger partial charge >= 0.3 is 0 Å². The number of H-pyrrole nitrogens is 1. The van der Waals surface area contributed by atoms with E-state index in [1.54, 1.807) is 6.20 Å². The van der Waals surface area contributed by atoms with E-state index in [1.807, 2.05) is 29.3 Å². The van der Waals surface area contributed by atoms with Crippen LogP contribution in [0, 0.1) is 17.7 Å². The summed E-state index contributed by atoms with van der Waals surface area (Å²) >= 11 is 6.56. The number of hydrogen-bond acceptors (Lipinski definition) is 10. The molecule has 0 radical (unpaired) electrons. The Bertz CT molecular complexity index is 2200. The van der Waals surface area contributed by atoms with Crippen LogP contribution >= 0.6 is 11.6 Å². The number of imide groups is 2. The quantitative estimate of drug-likeness (QED) is 0.200. The molecule has 9 rings (SSSR count). The Labute approximate surface area is 328 Å². The smallest absolute Gasteiger partial charge is 0.262 e. The molecule has 15 heteroatoms. The molecule has 4 amide bonds. The average Bonchev–Trinajstić information content (AvgIpc) is 3.89. The van der Waals surface area contributed by atoms with Crippen molar-refractivity contribution in [2.75, 3.05) is 62.6 Å². The lowest BCUT2D eigenvalue weighted by Gasteiger charge is -2.39. The molecular formula is C41H45ClFN9O4. The molecule has 56 heavy (non-hydrogen) atoms. The topological polar surface area (TPSA) is 147 Å². The lowest BCUT2D eigenvalue weighted by Crippen LogP contribution is -2.54. The van der Waals surface area contributed by atoms with Crippen molar-refractivity contribution in [2.24, 2.45) is 11.8 Å². The van der Waals surface area contributed by atoms with Crippen molar-refractivity contribution in [1.82, 2.24) is 35.0 Å². The van der Waals surface area contributed by atoms with Gasteiger partial charge in [0, 0.05) is 74.4 Å². The maximum atomic E-state index is 15.4. The molecule has 1 unspecified atom stereocenters. The Morgan fingerprint density at radius 3 is 2.30 bits per heavy atom. The number of benzene rings is 2. The first-order valence-corrected chi connectivity index (χ1v) is 20.2. The lowest BCUT2D eigenvalue weighted by atomic mass is 9.92. The third-order valence-electron chi connectivity index (χ3n) is 12.4. The predicted molar refractivity (Wildman–Crippen MR) is 210 cm³/mol. The summed E-state index contributed by atoms with van der Waals surface area (Å²) in [6, 6.07) is 9.91. The van der Waals surface area contributed by atoms with Crippen molar-refractivity contribution in [3.63, 3.8) is 0 Å². The molecule has 2 aromatic heterocycles. The molecule has 2 aromatic carbocycles. The average molecular weight is 782 g/mol. The first-order chi connectivity index (χ1) is 27.2. The largest absolute Gasteiger partial charge is 0.369 e. The summed E-state index contributed by atoms with van der Waals surface area (Å²) in [6.45, 7) is 7.60. The van der Waals surface area contributed by atoms with Gasteiger partial charge in [-0.2, -0.15) is 0 Å². The van der Waals surface area contributed by atoms with Crippen LogP contribution in [-0.4, -0.2) is 118 Å². The zero-order chi connectivity index (χ0) is 38.5. The number of nitrogens with one attached hydrogen (secondary N) is 3. The zero-order valence-electron chi connectivity index (χ0n) is 31.1. The number of likely N-dealkylation sites (tertiary alicyclic amines) is 2. The molecule has 7 heterocycles. The van der Waals surface area contributed by atoms with Crippen LogP contribution < -0.4 is 15.5 Å². The van der Waals surface area contributed by atoms with Crippen LogP contribution in [0.1, 0.15) is 65.7 Å². The van der Waals surface area contributed by atoms with E-state index >= 15 is 4.39 Å². The van der Waals surface area contributed by atoms with Crippen LogP contribution in [0.5, 0.6) is 0 Å². The van der Waals surface area contributed by atoms with E-state index in [-0.39, 0.29) is 30.0 Å². The zero-order valence-corrected chi connectivity index (χ0v) is 31.9. The summed E-state index contributed by atoms with van der Waals surface area (Å²) in [5, 5.41) is 7.36. The third-order valence-corrected chi connectivity index (χ3v) is 12.7. The number of rotatable bonds is 9. The van der Waals surface area contributed by atoms with E-state index in [2.05, 4.69) is 36.5 Å². The summed E-state index contributed by atoms with van der Waals surface area (Å²) in [6.07, 6.45) is 8.93. The maximum Gasteiger partial charge on any atom is 0.262 e. The number of carbonyl (C=O) groups excluding carboxylic acids is 4. The van der Waals surface area contributed by atoms with Gasteiger partial charge in [-0.1, -0.05) is 29.8 Å². The van der Waals surface area contributed by atoms with Crippen molar-refractivity contribution in [1.29, 1.82) is 0 Å². The Hall–Kier alpha value is -4.92. The molecule has 0 aliphatic carbocycles. The summed E-state index contributed by atoms with van der Waals surface area (Å²) in [5.74, 6) is -1.22. The Kier molecular flexibility index (Phi) is 9.96. The Balaban J connectivity index is 0.726. The van der Waals surface area contributed by atoms with E-state index in [9.17, 15) is 19.2 Å². The number of amides is 4. The molecule has 4 aromatic rings. The van der Waals surface area contributed by atoms with E-state index in [4.69, 9.17) is 16.6 Å².